The van der Waals surface area contributed by atoms with Gasteiger partial charge in [-0.05, 0) is 18.4 Å². The summed E-state index contributed by atoms with van der Waals surface area (Å²) in [5, 5.41) is 7.02. The van der Waals surface area contributed by atoms with E-state index in [1.54, 1.807) is 15.8 Å². The van der Waals surface area contributed by atoms with Gasteiger partial charge in [0.15, 0.2) is 0 Å². The molecule has 21 heavy (non-hydrogen) atoms. The van der Waals surface area contributed by atoms with Crippen LogP contribution in [-0.4, -0.2) is 45.1 Å². The maximum atomic E-state index is 12.8. The molecule has 1 aliphatic heterocycles. The van der Waals surface area contributed by atoms with Gasteiger partial charge in [0.05, 0.1) is 6.54 Å². The van der Waals surface area contributed by atoms with E-state index >= 15 is 0 Å². The first kappa shape index (κ1) is 15.5. The molecule has 6 nitrogen and oxygen atoms in total. The summed E-state index contributed by atoms with van der Waals surface area (Å²) in [4.78, 5) is 26.6. The summed E-state index contributed by atoms with van der Waals surface area (Å²) in [5.74, 6) is -0.0645. The van der Waals surface area contributed by atoms with Crippen LogP contribution >= 0.6 is 0 Å². The zero-order valence-corrected chi connectivity index (χ0v) is 13.2. The zero-order chi connectivity index (χ0) is 15.6. The molecule has 2 unspecified atom stereocenters. The molecule has 0 saturated carbocycles. The van der Waals surface area contributed by atoms with Crippen molar-refractivity contribution in [3.8, 4) is 0 Å². The molecule has 0 radical (unpaired) electrons. The van der Waals surface area contributed by atoms with Crippen LogP contribution < -0.4 is 5.32 Å². The Morgan fingerprint density at radius 1 is 1.33 bits per heavy atom. The predicted octanol–water partition coefficient (Wildman–Crippen LogP) is 1.03. The fourth-order valence-corrected chi connectivity index (χ4v) is 2.60. The summed E-state index contributed by atoms with van der Waals surface area (Å²) in [6, 6.07) is 1.28. The minimum Gasteiger partial charge on any atom is -0.344 e. The second-order valence-electron chi connectivity index (χ2n) is 6.72. The highest BCUT2D eigenvalue weighted by Crippen LogP contribution is 2.24. The molecule has 0 spiro atoms. The number of rotatable bonds is 3. The Bertz CT molecular complexity index is 504. The molecule has 0 bridgehead atoms. The molecular formula is C15H24N4O2. The van der Waals surface area contributed by atoms with Gasteiger partial charge in [-0.3, -0.25) is 14.3 Å². The van der Waals surface area contributed by atoms with E-state index in [9.17, 15) is 9.59 Å². The Balaban J connectivity index is 2.16. The quantitative estimate of drug-likeness (QED) is 0.905. The Morgan fingerprint density at radius 3 is 2.62 bits per heavy atom. The summed E-state index contributed by atoms with van der Waals surface area (Å²) in [6.07, 6.45) is 3.94. The molecular weight excluding hydrogens is 268 g/mol. The lowest BCUT2D eigenvalue weighted by molar-refractivity contribution is -0.137. The van der Waals surface area contributed by atoms with E-state index in [0.29, 0.717) is 19.5 Å². The zero-order valence-electron chi connectivity index (χ0n) is 13.2. The fraction of sp³-hybridized carbons (Fsp3) is 0.667. The number of aromatic nitrogens is 2. The van der Waals surface area contributed by atoms with E-state index in [2.05, 4.69) is 10.4 Å². The molecule has 1 N–H and O–H groups in total. The van der Waals surface area contributed by atoms with Crippen LogP contribution in [0.4, 0.5) is 0 Å². The van der Waals surface area contributed by atoms with Gasteiger partial charge < -0.3 is 10.2 Å². The van der Waals surface area contributed by atoms with E-state index in [4.69, 9.17) is 0 Å². The largest absolute Gasteiger partial charge is 0.344 e. The van der Waals surface area contributed by atoms with Gasteiger partial charge in [-0.25, -0.2) is 0 Å². The lowest BCUT2D eigenvalue weighted by atomic mass is 9.86. The average molecular weight is 292 g/mol. The lowest BCUT2D eigenvalue weighted by Crippen LogP contribution is -2.53. The van der Waals surface area contributed by atoms with Gasteiger partial charge in [-0.2, -0.15) is 5.10 Å². The van der Waals surface area contributed by atoms with Gasteiger partial charge in [0.2, 0.25) is 11.8 Å². The van der Waals surface area contributed by atoms with Gasteiger partial charge in [0, 0.05) is 31.4 Å². The Labute approximate surface area is 125 Å². The van der Waals surface area contributed by atoms with Crippen molar-refractivity contribution in [2.24, 2.45) is 5.41 Å². The number of carbonyl (C=O) groups excluding carboxylic acids is 2. The highest BCUT2D eigenvalue weighted by Gasteiger charge is 2.40. The normalized spacial score (nSPS) is 23.9. The number of hydrogen-bond acceptors (Lipinski definition) is 3. The van der Waals surface area contributed by atoms with Crippen LogP contribution in [0.1, 0.15) is 34.1 Å². The van der Waals surface area contributed by atoms with Crippen molar-refractivity contribution in [2.45, 2.75) is 52.7 Å². The summed E-state index contributed by atoms with van der Waals surface area (Å²) in [5.41, 5.74) is -0.305. The first-order valence-corrected chi connectivity index (χ1v) is 7.36. The summed E-state index contributed by atoms with van der Waals surface area (Å²) in [7, 11) is 0. The molecule has 1 aromatic rings. The number of carbonyl (C=O) groups is 2. The van der Waals surface area contributed by atoms with Crippen molar-refractivity contribution < 1.29 is 9.59 Å². The second-order valence-corrected chi connectivity index (χ2v) is 6.72. The van der Waals surface area contributed by atoms with Crippen LogP contribution in [0.2, 0.25) is 0 Å². The van der Waals surface area contributed by atoms with Gasteiger partial charge in [0.1, 0.15) is 6.04 Å². The van der Waals surface area contributed by atoms with Crippen molar-refractivity contribution in [1.29, 1.82) is 0 Å². The van der Waals surface area contributed by atoms with Gasteiger partial charge >= 0.3 is 0 Å². The monoisotopic (exact) mass is 292 g/mol. The SMILES string of the molecule is CC1CC(=O)NC(C(C)(C)C)C(=O)N1CCn1cccn1. The average Bonchev–Trinajstić information content (AvgIpc) is 2.83. The smallest absolute Gasteiger partial charge is 0.246 e. The van der Waals surface area contributed by atoms with Crippen molar-refractivity contribution in [3.63, 3.8) is 0 Å². The van der Waals surface area contributed by atoms with E-state index in [-0.39, 0.29) is 23.3 Å². The van der Waals surface area contributed by atoms with Crippen LogP contribution in [0.25, 0.3) is 0 Å². The standard InChI is InChI=1S/C15H24N4O2/c1-11-10-12(20)17-13(15(2,3)4)14(21)19(11)9-8-18-7-5-6-16-18/h5-7,11,13H,8-10H2,1-4H3,(H,17,20). The molecule has 1 fully saturated rings. The van der Waals surface area contributed by atoms with Crippen LogP contribution in [0, 0.1) is 5.41 Å². The molecule has 2 heterocycles. The predicted molar refractivity (Wildman–Crippen MR) is 79.4 cm³/mol. The molecule has 0 aromatic carbocycles. The summed E-state index contributed by atoms with van der Waals surface area (Å²) < 4.78 is 1.80. The van der Waals surface area contributed by atoms with Gasteiger partial charge in [0.25, 0.3) is 0 Å². The Hall–Kier alpha value is -1.85. The Kier molecular flexibility index (Phi) is 4.34. The number of nitrogens with one attached hydrogen (secondary N) is 1. The molecule has 2 rings (SSSR count). The van der Waals surface area contributed by atoms with Crippen LogP contribution in [0.5, 0.6) is 0 Å². The molecule has 2 amide bonds. The van der Waals surface area contributed by atoms with Crippen LogP contribution in [0.3, 0.4) is 0 Å². The van der Waals surface area contributed by atoms with Crippen LogP contribution in [0.15, 0.2) is 18.5 Å². The number of nitrogens with zero attached hydrogens (tertiary/aromatic N) is 3. The van der Waals surface area contributed by atoms with E-state index < -0.39 is 6.04 Å². The van der Waals surface area contributed by atoms with Gasteiger partial charge in [-0.1, -0.05) is 20.8 Å². The van der Waals surface area contributed by atoms with Crippen LogP contribution in [-0.2, 0) is 16.1 Å². The highest BCUT2D eigenvalue weighted by molar-refractivity contribution is 5.91. The van der Waals surface area contributed by atoms with Crippen molar-refractivity contribution in [1.82, 2.24) is 20.0 Å². The third-order valence-corrected chi connectivity index (χ3v) is 3.84. The first-order chi connectivity index (χ1) is 9.79. The number of hydrogen-bond donors (Lipinski definition) is 1. The third kappa shape index (κ3) is 3.62. The van der Waals surface area contributed by atoms with Crippen molar-refractivity contribution >= 4 is 11.8 Å². The molecule has 116 valence electrons. The summed E-state index contributed by atoms with van der Waals surface area (Å²) >= 11 is 0. The molecule has 1 aliphatic rings. The van der Waals surface area contributed by atoms with Gasteiger partial charge in [-0.15, -0.1) is 0 Å². The minimum absolute atomic E-state index is 0.00648. The first-order valence-electron chi connectivity index (χ1n) is 7.36. The topological polar surface area (TPSA) is 67.2 Å². The molecule has 1 saturated heterocycles. The van der Waals surface area contributed by atoms with E-state index in [1.165, 1.54) is 0 Å². The van der Waals surface area contributed by atoms with Crippen molar-refractivity contribution in [3.05, 3.63) is 18.5 Å². The summed E-state index contributed by atoms with van der Waals surface area (Å²) in [6.45, 7) is 9.02. The van der Waals surface area contributed by atoms with Crippen molar-refractivity contribution in [2.75, 3.05) is 6.54 Å². The third-order valence-electron chi connectivity index (χ3n) is 3.84. The Morgan fingerprint density at radius 2 is 2.05 bits per heavy atom. The minimum atomic E-state index is -0.479. The maximum absolute atomic E-state index is 12.8. The highest BCUT2D eigenvalue weighted by atomic mass is 16.2. The number of amides is 2. The maximum Gasteiger partial charge on any atom is 0.246 e. The molecule has 6 heteroatoms. The second kappa shape index (κ2) is 5.87. The molecule has 0 aliphatic carbocycles. The fourth-order valence-electron chi connectivity index (χ4n) is 2.60. The molecule has 2 atom stereocenters. The van der Waals surface area contributed by atoms with E-state index in [1.807, 2.05) is 40.0 Å². The lowest BCUT2D eigenvalue weighted by Gasteiger charge is -2.34. The van der Waals surface area contributed by atoms with E-state index in [0.717, 1.165) is 0 Å². The molecule has 1 aromatic heterocycles.